The Kier molecular flexibility index (Phi) is 4.70. The summed E-state index contributed by atoms with van der Waals surface area (Å²) in [5, 5.41) is 18.1. The number of aliphatic carboxylic acids is 1. The van der Waals surface area contributed by atoms with Crippen LogP contribution in [0.2, 0.25) is 0 Å². The van der Waals surface area contributed by atoms with Gasteiger partial charge in [-0.05, 0) is 47.7 Å². The van der Waals surface area contributed by atoms with Crippen molar-refractivity contribution in [1.82, 2.24) is 4.72 Å². The van der Waals surface area contributed by atoms with Crippen molar-refractivity contribution < 1.29 is 23.4 Å². The van der Waals surface area contributed by atoms with E-state index in [1.54, 1.807) is 12.1 Å². The van der Waals surface area contributed by atoms with Crippen LogP contribution in [-0.2, 0) is 14.8 Å². The molecule has 3 N–H and O–H groups in total. The summed E-state index contributed by atoms with van der Waals surface area (Å²) in [6, 6.07) is 6.14. The average Bonchev–Trinajstić information content (AvgIpc) is 2.26. The number of carboxylic acid groups (broad SMARTS) is 1. The molecule has 0 amide bonds. The number of aliphatic hydroxyl groups is 1. The fourth-order valence-corrected chi connectivity index (χ4v) is 2.96. The van der Waals surface area contributed by atoms with Crippen molar-refractivity contribution in [3.63, 3.8) is 0 Å². The van der Waals surface area contributed by atoms with E-state index in [4.69, 9.17) is 5.11 Å². The summed E-state index contributed by atoms with van der Waals surface area (Å²) < 4.78 is 26.5. The first kappa shape index (κ1) is 15.3. The molecule has 0 spiro atoms. The molecule has 1 rings (SSSR count). The lowest BCUT2D eigenvalue weighted by atomic mass is 10.1. The zero-order valence-electron chi connectivity index (χ0n) is 9.42. The maximum absolute atomic E-state index is 11.8. The zero-order valence-corrected chi connectivity index (χ0v) is 12.4. The first-order chi connectivity index (χ1) is 8.15. The van der Waals surface area contributed by atoms with Gasteiger partial charge in [-0.25, -0.2) is 17.9 Å². The van der Waals surface area contributed by atoms with Gasteiger partial charge in [0.2, 0.25) is 10.0 Å². The van der Waals surface area contributed by atoms with Gasteiger partial charge in [0, 0.05) is 3.57 Å². The Labute approximate surface area is 118 Å². The van der Waals surface area contributed by atoms with E-state index in [9.17, 15) is 18.3 Å². The minimum atomic E-state index is -3.83. The van der Waals surface area contributed by atoms with Gasteiger partial charge in [-0.3, -0.25) is 0 Å². The van der Waals surface area contributed by atoms with Gasteiger partial charge in [0.15, 0.2) is 5.60 Å². The molecule has 6 nitrogen and oxygen atoms in total. The molecule has 0 aliphatic carbocycles. The van der Waals surface area contributed by atoms with Gasteiger partial charge in [-0.15, -0.1) is 0 Å². The topological polar surface area (TPSA) is 104 Å². The summed E-state index contributed by atoms with van der Waals surface area (Å²) in [6.45, 7) is 0.419. The van der Waals surface area contributed by atoms with Gasteiger partial charge in [0.05, 0.1) is 11.4 Å². The SMILES string of the molecule is CC(O)(CNS(=O)(=O)c1cccc(I)c1)C(=O)O. The summed E-state index contributed by atoms with van der Waals surface area (Å²) in [4.78, 5) is 10.7. The van der Waals surface area contributed by atoms with Gasteiger partial charge >= 0.3 is 5.97 Å². The Balaban J connectivity index is 2.87. The minimum absolute atomic E-state index is 0.0237. The second-order valence-electron chi connectivity index (χ2n) is 3.86. The fourth-order valence-electron chi connectivity index (χ4n) is 1.03. The zero-order chi connectivity index (χ0) is 14.0. The number of carboxylic acids is 1. The fraction of sp³-hybridized carbons (Fsp3) is 0.300. The molecule has 1 atom stereocenters. The van der Waals surface area contributed by atoms with Gasteiger partial charge in [0.25, 0.3) is 0 Å². The van der Waals surface area contributed by atoms with E-state index in [1.165, 1.54) is 12.1 Å². The molecule has 0 radical (unpaired) electrons. The molecule has 100 valence electrons. The molecule has 0 aliphatic heterocycles. The lowest BCUT2D eigenvalue weighted by Gasteiger charge is -2.18. The molecule has 8 heteroatoms. The molecule has 0 saturated heterocycles. The number of nitrogens with one attached hydrogen (secondary N) is 1. The summed E-state index contributed by atoms with van der Waals surface area (Å²) in [5.41, 5.74) is -2.14. The maximum Gasteiger partial charge on any atom is 0.336 e. The van der Waals surface area contributed by atoms with E-state index in [2.05, 4.69) is 4.72 Å². The quantitative estimate of drug-likeness (QED) is 0.637. The molecule has 1 aromatic carbocycles. The van der Waals surface area contributed by atoms with Crippen molar-refractivity contribution in [2.75, 3.05) is 6.54 Å². The van der Waals surface area contributed by atoms with Crippen LogP contribution in [0.1, 0.15) is 6.92 Å². The normalized spacial score (nSPS) is 15.1. The number of halogens is 1. The Morgan fingerprint density at radius 2 is 2.11 bits per heavy atom. The first-order valence-electron chi connectivity index (χ1n) is 4.86. The number of sulfonamides is 1. The molecule has 0 aliphatic rings. The average molecular weight is 385 g/mol. The maximum atomic E-state index is 11.8. The van der Waals surface area contributed by atoms with Crippen molar-refractivity contribution in [1.29, 1.82) is 0 Å². The minimum Gasteiger partial charge on any atom is -0.479 e. The van der Waals surface area contributed by atoms with Crippen LogP contribution >= 0.6 is 22.6 Å². The van der Waals surface area contributed by atoms with Crippen molar-refractivity contribution >= 4 is 38.6 Å². The smallest absolute Gasteiger partial charge is 0.336 e. The second-order valence-corrected chi connectivity index (χ2v) is 6.87. The number of hydrogen-bond donors (Lipinski definition) is 3. The highest BCUT2D eigenvalue weighted by atomic mass is 127. The van der Waals surface area contributed by atoms with Crippen molar-refractivity contribution in [3.8, 4) is 0 Å². The predicted molar refractivity (Wildman–Crippen MR) is 72.6 cm³/mol. The predicted octanol–water partition coefficient (Wildman–Crippen LogP) is 0.405. The molecule has 0 saturated carbocycles. The summed E-state index contributed by atoms with van der Waals surface area (Å²) in [6.07, 6.45) is 0. The molecule has 0 bridgehead atoms. The van der Waals surface area contributed by atoms with Crippen molar-refractivity contribution in [3.05, 3.63) is 27.8 Å². The van der Waals surface area contributed by atoms with Crippen LogP contribution in [-0.4, -0.2) is 36.7 Å². The molecule has 0 aromatic heterocycles. The summed E-state index contributed by atoms with van der Waals surface area (Å²) in [7, 11) is -3.83. The van der Waals surface area contributed by atoms with Crippen molar-refractivity contribution in [2.24, 2.45) is 0 Å². The van der Waals surface area contributed by atoms with Crippen LogP contribution in [0.15, 0.2) is 29.2 Å². The number of rotatable bonds is 5. The van der Waals surface area contributed by atoms with Gasteiger partial charge in [-0.2, -0.15) is 0 Å². The largest absolute Gasteiger partial charge is 0.479 e. The Morgan fingerprint density at radius 1 is 1.50 bits per heavy atom. The highest BCUT2D eigenvalue weighted by Crippen LogP contribution is 2.13. The highest BCUT2D eigenvalue weighted by molar-refractivity contribution is 14.1. The number of benzene rings is 1. The van der Waals surface area contributed by atoms with E-state index >= 15 is 0 Å². The number of carbonyl (C=O) groups is 1. The summed E-state index contributed by atoms with van der Waals surface area (Å²) >= 11 is 1.96. The van der Waals surface area contributed by atoms with Crippen LogP contribution in [0.4, 0.5) is 0 Å². The number of hydrogen-bond acceptors (Lipinski definition) is 4. The van der Waals surface area contributed by atoms with E-state index in [0.29, 0.717) is 0 Å². The van der Waals surface area contributed by atoms with Gasteiger partial charge in [0.1, 0.15) is 0 Å². The lowest BCUT2D eigenvalue weighted by molar-refractivity contribution is -0.155. The molecule has 0 fully saturated rings. The van der Waals surface area contributed by atoms with E-state index in [0.717, 1.165) is 10.5 Å². The third kappa shape index (κ3) is 3.90. The van der Waals surface area contributed by atoms with E-state index in [1.807, 2.05) is 22.6 Å². The van der Waals surface area contributed by atoms with Crippen LogP contribution in [0, 0.1) is 3.57 Å². The Hall–Kier alpha value is -0.710. The van der Waals surface area contributed by atoms with E-state index < -0.39 is 28.1 Å². The highest BCUT2D eigenvalue weighted by Gasteiger charge is 2.31. The van der Waals surface area contributed by atoms with Gasteiger partial charge < -0.3 is 10.2 Å². The van der Waals surface area contributed by atoms with Crippen LogP contribution < -0.4 is 4.72 Å². The Morgan fingerprint density at radius 3 is 2.61 bits per heavy atom. The molecule has 1 aromatic rings. The molecule has 0 heterocycles. The summed E-state index contributed by atoms with van der Waals surface area (Å²) in [5.74, 6) is -1.49. The van der Waals surface area contributed by atoms with Gasteiger partial charge in [-0.1, -0.05) is 6.07 Å². The molecular weight excluding hydrogens is 373 g/mol. The second kappa shape index (κ2) is 5.51. The monoisotopic (exact) mass is 385 g/mol. The third-order valence-electron chi connectivity index (χ3n) is 2.17. The van der Waals surface area contributed by atoms with Crippen LogP contribution in [0.5, 0.6) is 0 Å². The first-order valence-corrected chi connectivity index (χ1v) is 7.42. The Bertz CT molecular complexity index is 555. The van der Waals surface area contributed by atoms with Crippen LogP contribution in [0.25, 0.3) is 0 Å². The molecule has 1 unspecified atom stereocenters. The lowest BCUT2D eigenvalue weighted by Crippen LogP contribution is -2.46. The molecular formula is C10H12INO5S. The van der Waals surface area contributed by atoms with Crippen LogP contribution in [0.3, 0.4) is 0 Å². The standard InChI is InChI=1S/C10H12INO5S/c1-10(15,9(13)14)6-12-18(16,17)8-4-2-3-7(11)5-8/h2-5,12,15H,6H2,1H3,(H,13,14). The van der Waals surface area contributed by atoms with Crippen molar-refractivity contribution in [2.45, 2.75) is 17.4 Å². The molecule has 18 heavy (non-hydrogen) atoms. The van der Waals surface area contributed by atoms with E-state index in [-0.39, 0.29) is 4.90 Å². The third-order valence-corrected chi connectivity index (χ3v) is 4.24.